The molecule has 0 amide bonds. The Bertz CT molecular complexity index is 1390. The van der Waals surface area contributed by atoms with Gasteiger partial charge >= 0.3 is 0 Å². The van der Waals surface area contributed by atoms with E-state index < -0.39 is 0 Å². The van der Waals surface area contributed by atoms with Gasteiger partial charge in [0.25, 0.3) is 0 Å². The third-order valence-corrected chi connectivity index (χ3v) is 5.39. The van der Waals surface area contributed by atoms with Crippen LogP contribution in [0.1, 0.15) is 17.1 Å². The Kier molecular flexibility index (Phi) is 3.98. The first kappa shape index (κ1) is 17.7. The fourth-order valence-electron chi connectivity index (χ4n) is 3.90. The van der Waals surface area contributed by atoms with E-state index in [1.54, 1.807) is 17.1 Å². The second-order valence-corrected chi connectivity index (χ2v) is 7.31. The van der Waals surface area contributed by atoms with E-state index >= 15 is 0 Å². The monoisotopic (exact) mass is 413 g/mol. The quantitative estimate of drug-likeness (QED) is 0.440. The Morgan fingerprint density at radius 2 is 1.94 bits per heavy atom. The van der Waals surface area contributed by atoms with Crippen molar-refractivity contribution in [1.82, 2.24) is 34.5 Å². The number of rotatable bonds is 4. The van der Waals surface area contributed by atoms with Crippen LogP contribution < -0.4 is 0 Å². The van der Waals surface area contributed by atoms with Gasteiger partial charge in [-0.05, 0) is 30.2 Å². The molecule has 0 bridgehead atoms. The topological polar surface area (TPSA) is 87.4 Å². The normalized spacial score (nSPS) is 12.2. The van der Waals surface area contributed by atoms with Crippen molar-refractivity contribution in [2.45, 2.75) is 19.4 Å². The number of nitrogens with zero attached hydrogens (tertiary/aromatic N) is 7. The summed E-state index contributed by atoms with van der Waals surface area (Å²) in [7, 11) is 0. The highest BCUT2D eigenvalue weighted by molar-refractivity contribution is 5.70. The number of benzene rings is 2. The van der Waals surface area contributed by atoms with Crippen LogP contribution in [-0.4, -0.2) is 34.5 Å². The molecule has 9 heteroatoms. The van der Waals surface area contributed by atoms with Crippen molar-refractivity contribution in [3.05, 3.63) is 84.2 Å². The highest BCUT2D eigenvalue weighted by Crippen LogP contribution is 2.33. The molecule has 0 atom stereocenters. The van der Waals surface area contributed by atoms with Crippen LogP contribution in [0.4, 0.5) is 4.39 Å². The highest BCUT2D eigenvalue weighted by Gasteiger charge is 2.26. The minimum Gasteiger partial charge on any atom is -0.339 e. The van der Waals surface area contributed by atoms with Crippen LogP contribution in [0.3, 0.4) is 0 Å². The van der Waals surface area contributed by atoms with Gasteiger partial charge in [-0.1, -0.05) is 35.5 Å². The molecular formula is C22H16FN7O. The number of hydrogen-bond donors (Lipinski definition) is 0. The minimum atomic E-state index is -0.335. The summed E-state index contributed by atoms with van der Waals surface area (Å²) in [6.07, 6.45) is 4.60. The summed E-state index contributed by atoms with van der Waals surface area (Å²) >= 11 is 0. The molecule has 1 aliphatic heterocycles. The zero-order chi connectivity index (χ0) is 20.8. The van der Waals surface area contributed by atoms with Crippen molar-refractivity contribution in [2.24, 2.45) is 0 Å². The summed E-state index contributed by atoms with van der Waals surface area (Å²) in [5.41, 5.74) is 4.06. The fourth-order valence-corrected chi connectivity index (χ4v) is 3.90. The zero-order valence-electron chi connectivity index (χ0n) is 16.3. The summed E-state index contributed by atoms with van der Waals surface area (Å²) in [4.78, 5) is 13.4. The molecule has 4 heterocycles. The minimum absolute atomic E-state index is 0.335. The lowest BCUT2D eigenvalue weighted by Crippen LogP contribution is -2.06. The van der Waals surface area contributed by atoms with Gasteiger partial charge in [-0.15, -0.1) is 0 Å². The molecule has 0 fully saturated rings. The average Bonchev–Trinajstić information content (AvgIpc) is 3.52. The summed E-state index contributed by atoms with van der Waals surface area (Å²) in [6.45, 7) is 0.398. The Balaban J connectivity index is 1.37. The first-order valence-corrected chi connectivity index (χ1v) is 9.87. The Labute approximate surface area is 176 Å². The number of fused-ring (bicyclic) bond motifs is 5. The number of aromatic nitrogens is 7. The lowest BCUT2D eigenvalue weighted by atomic mass is 10.1. The molecule has 0 unspecified atom stereocenters. The third kappa shape index (κ3) is 3.02. The van der Waals surface area contributed by atoms with Crippen molar-refractivity contribution >= 4 is 0 Å². The highest BCUT2D eigenvalue weighted by atomic mass is 19.1. The van der Waals surface area contributed by atoms with Crippen molar-refractivity contribution in [1.29, 1.82) is 0 Å². The largest absolute Gasteiger partial charge is 0.339 e. The summed E-state index contributed by atoms with van der Waals surface area (Å²) in [6, 6.07) is 14.8. The molecule has 152 valence electrons. The van der Waals surface area contributed by atoms with Crippen LogP contribution >= 0.6 is 0 Å². The van der Waals surface area contributed by atoms with E-state index in [1.807, 2.05) is 22.8 Å². The van der Waals surface area contributed by atoms with Crippen LogP contribution in [0.2, 0.25) is 0 Å². The molecule has 31 heavy (non-hydrogen) atoms. The standard InChI is InChI=1S/C22H16FN7O/c23-15-7-8-17-16(10-15)22-24-12-26-30(22)11-18-20(25-13-29(17)18)21-27-19(31-28-21)9-6-14-4-2-1-3-5-14/h1-5,7-8,10,12-13H,6,9,11H2. The molecule has 5 aromatic rings. The SMILES string of the molecule is Fc1ccc2c(c1)-c1ncnn1Cc1c(-c3noc(CCc4ccccc4)n3)ncn1-2. The van der Waals surface area contributed by atoms with Crippen molar-refractivity contribution in [3.63, 3.8) is 0 Å². The first-order chi connectivity index (χ1) is 15.3. The second kappa shape index (κ2) is 6.98. The van der Waals surface area contributed by atoms with E-state index in [-0.39, 0.29) is 5.82 Å². The van der Waals surface area contributed by atoms with Crippen molar-refractivity contribution in [2.75, 3.05) is 0 Å². The smallest absolute Gasteiger partial charge is 0.227 e. The molecule has 0 saturated carbocycles. The molecule has 0 radical (unpaired) electrons. The molecule has 1 aliphatic rings. The van der Waals surface area contributed by atoms with Gasteiger partial charge in [0.05, 0.1) is 17.9 Å². The van der Waals surface area contributed by atoms with E-state index in [1.165, 1.54) is 24.0 Å². The molecule has 8 nitrogen and oxygen atoms in total. The number of aryl methyl sites for hydroxylation is 2. The lowest BCUT2D eigenvalue weighted by Gasteiger charge is -2.08. The van der Waals surface area contributed by atoms with E-state index in [0.717, 1.165) is 17.8 Å². The molecule has 3 aromatic heterocycles. The van der Waals surface area contributed by atoms with Crippen LogP contribution in [0.5, 0.6) is 0 Å². The van der Waals surface area contributed by atoms with E-state index in [9.17, 15) is 4.39 Å². The zero-order valence-corrected chi connectivity index (χ0v) is 16.3. The van der Waals surface area contributed by atoms with Gasteiger partial charge in [0.1, 0.15) is 24.2 Å². The van der Waals surface area contributed by atoms with Gasteiger partial charge in [-0.3, -0.25) is 4.57 Å². The Hall–Kier alpha value is -4.14. The van der Waals surface area contributed by atoms with E-state index in [4.69, 9.17) is 4.52 Å². The fraction of sp³-hybridized carbons (Fsp3) is 0.136. The maximum absolute atomic E-state index is 14.0. The van der Waals surface area contributed by atoms with Gasteiger partial charge in [0, 0.05) is 12.0 Å². The number of imidazole rings is 1. The summed E-state index contributed by atoms with van der Waals surface area (Å²) < 4.78 is 23.1. The second-order valence-electron chi connectivity index (χ2n) is 7.31. The predicted octanol–water partition coefficient (Wildman–Crippen LogP) is 3.47. The van der Waals surface area contributed by atoms with Crippen LogP contribution in [0.25, 0.3) is 28.6 Å². The van der Waals surface area contributed by atoms with Crippen LogP contribution in [0, 0.1) is 5.82 Å². The van der Waals surface area contributed by atoms with E-state index in [2.05, 4.69) is 37.3 Å². The molecule has 0 saturated heterocycles. The maximum atomic E-state index is 14.0. The van der Waals surface area contributed by atoms with Crippen molar-refractivity contribution in [3.8, 4) is 28.6 Å². The molecule has 2 aromatic carbocycles. The van der Waals surface area contributed by atoms with Gasteiger partial charge in [0.2, 0.25) is 11.7 Å². The lowest BCUT2D eigenvalue weighted by molar-refractivity contribution is 0.378. The summed E-state index contributed by atoms with van der Waals surface area (Å²) in [5, 5.41) is 8.46. The number of hydrogen-bond acceptors (Lipinski definition) is 6. The van der Waals surface area contributed by atoms with Crippen LogP contribution in [-0.2, 0) is 19.4 Å². The Morgan fingerprint density at radius 3 is 2.84 bits per heavy atom. The van der Waals surface area contributed by atoms with Gasteiger partial charge in [-0.25, -0.2) is 19.0 Å². The van der Waals surface area contributed by atoms with E-state index in [0.29, 0.717) is 41.8 Å². The van der Waals surface area contributed by atoms with Crippen LogP contribution in [0.15, 0.2) is 65.7 Å². The molecule has 0 spiro atoms. The molecule has 0 aliphatic carbocycles. The molecular weight excluding hydrogens is 397 g/mol. The average molecular weight is 413 g/mol. The Morgan fingerprint density at radius 1 is 1.03 bits per heavy atom. The third-order valence-electron chi connectivity index (χ3n) is 5.39. The molecule has 6 rings (SSSR count). The number of halogens is 1. The van der Waals surface area contributed by atoms with Crippen molar-refractivity contribution < 1.29 is 8.91 Å². The predicted molar refractivity (Wildman–Crippen MR) is 109 cm³/mol. The summed E-state index contributed by atoms with van der Waals surface area (Å²) in [5.74, 6) is 1.24. The van der Waals surface area contributed by atoms with Gasteiger partial charge < -0.3 is 4.52 Å². The molecule has 0 N–H and O–H groups in total. The van der Waals surface area contributed by atoms with Gasteiger partial charge in [-0.2, -0.15) is 10.1 Å². The first-order valence-electron chi connectivity index (χ1n) is 9.87. The van der Waals surface area contributed by atoms with Gasteiger partial charge in [0.15, 0.2) is 5.82 Å². The maximum Gasteiger partial charge on any atom is 0.227 e.